The lowest BCUT2D eigenvalue weighted by Crippen LogP contribution is -2.43. The number of nitrogens with zero attached hydrogens (tertiary/aromatic N) is 4. The standard InChI is InChI=1S/C57H84N8O24/c66-45(9-17-62-49(70)1-2-50(62)71)58-13-21-78-25-29-82-33-37-86-41-57(42-87-38-34-83-30-26-79-22-14-59-46(67)10-18-63-51(72)3-4-52(63)73,43-88-39-35-84-31-27-80-23-15-60-47(68)11-19-64-53(74)5-6-54(64)75)44-89-40-36-85-32-28-81-24-16-61-48(69)12-20-65-55(76)7-8-56(65)77/h1-8H,9-44H2,(H,58,66)(H,59,67)(H,60,68)(H,61,69). The first-order chi connectivity index (χ1) is 43.2. The number of hydrogen-bond acceptors (Lipinski definition) is 24. The average molecular weight is 1270 g/mol. The van der Waals surface area contributed by atoms with Gasteiger partial charge in [0.2, 0.25) is 23.6 Å². The van der Waals surface area contributed by atoms with E-state index in [0.717, 1.165) is 68.2 Å². The van der Waals surface area contributed by atoms with E-state index in [1.54, 1.807) is 0 Å². The molecule has 0 saturated heterocycles. The van der Waals surface area contributed by atoms with Gasteiger partial charge in [0.05, 0.1) is 164 Å². The molecule has 0 saturated carbocycles. The number of nitrogens with one attached hydrogen (secondary N) is 4. The molecular weight excluding hydrogens is 1180 g/mol. The fourth-order valence-corrected chi connectivity index (χ4v) is 8.03. The maximum atomic E-state index is 12.2. The zero-order valence-electron chi connectivity index (χ0n) is 50.2. The molecule has 0 bridgehead atoms. The topological polar surface area (TPSA) is 377 Å². The van der Waals surface area contributed by atoms with Crippen LogP contribution in [0.2, 0.25) is 0 Å². The smallest absolute Gasteiger partial charge is 0.253 e. The summed E-state index contributed by atoms with van der Waals surface area (Å²) in [5.41, 5.74) is -0.873. The summed E-state index contributed by atoms with van der Waals surface area (Å²) in [6, 6.07) is 0. The summed E-state index contributed by atoms with van der Waals surface area (Å²) >= 11 is 0. The van der Waals surface area contributed by atoms with E-state index in [1.807, 2.05) is 0 Å². The monoisotopic (exact) mass is 1260 g/mol. The Balaban J connectivity index is 1.18. The quantitative estimate of drug-likeness (QED) is 0.0332. The molecule has 0 aromatic heterocycles. The van der Waals surface area contributed by atoms with E-state index in [0.29, 0.717) is 0 Å². The van der Waals surface area contributed by atoms with E-state index in [2.05, 4.69) is 21.3 Å². The highest BCUT2D eigenvalue weighted by Gasteiger charge is 2.33. The molecule has 0 aliphatic carbocycles. The van der Waals surface area contributed by atoms with Crippen LogP contribution in [0.5, 0.6) is 0 Å². The van der Waals surface area contributed by atoms with Crippen LogP contribution >= 0.6 is 0 Å². The molecule has 4 aliphatic rings. The molecule has 4 N–H and O–H groups in total. The Labute approximate surface area is 515 Å². The lowest BCUT2D eigenvalue weighted by molar-refractivity contribution is -0.139. The molecule has 496 valence electrons. The van der Waals surface area contributed by atoms with Crippen molar-refractivity contribution in [2.24, 2.45) is 5.41 Å². The third kappa shape index (κ3) is 32.3. The number of rotatable bonds is 56. The second kappa shape index (κ2) is 45.2. The number of imide groups is 4. The zero-order valence-corrected chi connectivity index (χ0v) is 50.2. The number of carbonyl (C=O) groups excluding carboxylic acids is 12. The van der Waals surface area contributed by atoms with Crippen molar-refractivity contribution in [3.05, 3.63) is 48.6 Å². The van der Waals surface area contributed by atoms with Crippen molar-refractivity contribution in [1.82, 2.24) is 40.9 Å². The summed E-state index contributed by atoms with van der Waals surface area (Å²) in [5.74, 6) is -4.97. The molecule has 32 nitrogen and oxygen atoms in total. The molecule has 32 heteroatoms. The second-order valence-corrected chi connectivity index (χ2v) is 19.7. The van der Waals surface area contributed by atoms with Crippen molar-refractivity contribution in [3.8, 4) is 0 Å². The van der Waals surface area contributed by atoms with E-state index in [1.165, 1.54) is 0 Å². The maximum Gasteiger partial charge on any atom is 0.253 e. The predicted molar refractivity (Wildman–Crippen MR) is 306 cm³/mol. The van der Waals surface area contributed by atoms with Gasteiger partial charge in [0.15, 0.2) is 0 Å². The molecule has 12 amide bonds. The minimum absolute atomic E-state index is 0.0195. The number of hydrogen-bond donors (Lipinski definition) is 4. The fraction of sp³-hybridized carbons (Fsp3) is 0.649. The normalized spacial score (nSPS) is 14.7. The van der Waals surface area contributed by atoms with Gasteiger partial charge in [-0.2, -0.15) is 0 Å². The second-order valence-electron chi connectivity index (χ2n) is 19.7. The first-order valence-electron chi connectivity index (χ1n) is 29.3. The summed E-state index contributed by atoms with van der Waals surface area (Å²) in [4.78, 5) is 146. The van der Waals surface area contributed by atoms with Crippen LogP contribution < -0.4 is 21.3 Å². The summed E-state index contributed by atoms with van der Waals surface area (Å²) in [5, 5.41) is 10.7. The van der Waals surface area contributed by atoms with E-state index in [9.17, 15) is 57.5 Å². The van der Waals surface area contributed by atoms with Crippen molar-refractivity contribution in [2.45, 2.75) is 25.7 Å². The van der Waals surface area contributed by atoms with E-state index in [4.69, 9.17) is 56.8 Å². The Morgan fingerprint density at radius 1 is 0.258 bits per heavy atom. The van der Waals surface area contributed by atoms with Crippen LogP contribution in [0.25, 0.3) is 0 Å². The highest BCUT2D eigenvalue weighted by molar-refractivity contribution is 6.14. The van der Waals surface area contributed by atoms with Crippen molar-refractivity contribution < 1.29 is 114 Å². The van der Waals surface area contributed by atoms with Crippen LogP contribution in [0.1, 0.15) is 25.7 Å². The van der Waals surface area contributed by atoms with Gasteiger partial charge in [-0.05, 0) is 0 Å². The van der Waals surface area contributed by atoms with Crippen LogP contribution in [0, 0.1) is 5.41 Å². The van der Waals surface area contributed by atoms with Gasteiger partial charge in [-0.25, -0.2) is 0 Å². The van der Waals surface area contributed by atoms with E-state index >= 15 is 0 Å². The average Bonchev–Trinajstić information content (AvgIpc) is 4.33. The molecule has 89 heavy (non-hydrogen) atoms. The van der Waals surface area contributed by atoms with Crippen LogP contribution in [-0.4, -0.2) is 301 Å². The third-order valence-electron chi connectivity index (χ3n) is 12.7. The summed E-state index contributed by atoms with van der Waals surface area (Å²) in [7, 11) is 0. The Hall–Kier alpha value is -7.08. The molecule has 0 unspecified atom stereocenters. The van der Waals surface area contributed by atoms with Gasteiger partial charge < -0.3 is 78.1 Å². The molecule has 4 heterocycles. The Kier molecular flexibility index (Phi) is 37.8. The van der Waals surface area contributed by atoms with Gasteiger partial charge in [-0.3, -0.25) is 77.1 Å². The first-order valence-corrected chi connectivity index (χ1v) is 29.3. The Bertz CT molecular complexity index is 2020. The van der Waals surface area contributed by atoms with Gasteiger partial charge in [0, 0.05) is 127 Å². The van der Waals surface area contributed by atoms with Crippen LogP contribution in [0.3, 0.4) is 0 Å². The largest absolute Gasteiger partial charge is 0.378 e. The minimum Gasteiger partial charge on any atom is -0.378 e. The third-order valence-corrected chi connectivity index (χ3v) is 12.7. The molecule has 4 rings (SSSR count). The number of carbonyl (C=O) groups is 12. The maximum absolute atomic E-state index is 12.2. The first kappa shape index (κ1) is 74.4. The summed E-state index contributed by atoms with van der Waals surface area (Å²) in [6.45, 7) is 5.44. The molecule has 0 radical (unpaired) electrons. The molecule has 4 aliphatic heterocycles. The van der Waals surface area contributed by atoms with Gasteiger partial charge in [0.25, 0.3) is 47.3 Å². The van der Waals surface area contributed by atoms with Gasteiger partial charge in [-0.15, -0.1) is 0 Å². The van der Waals surface area contributed by atoms with Crippen molar-refractivity contribution in [2.75, 3.05) is 211 Å². The lowest BCUT2D eigenvalue weighted by atomic mass is 9.92. The molecule has 0 aromatic carbocycles. The Morgan fingerprint density at radius 3 is 0.596 bits per heavy atom. The van der Waals surface area contributed by atoms with Crippen LogP contribution in [-0.2, 0) is 114 Å². The van der Waals surface area contributed by atoms with Crippen LogP contribution in [0.4, 0.5) is 0 Å². The highest BCUT2D eigenvalue weighted by atomic mass is 16.6. The number of amides is 12. The van der Waals surface area contributed by atoms with E-state index < -0.39 is 52.7 Å². The zero-order chi connectivity index (χ0) is 64.2. The van der Waals surface area contributed by atoms with Crippen LogP contribution in [0.15, 0.2) is 48.6 Å². The summed E-state index contributed by atoms with van der Waals surface area (Å²) < 4.78 is 69.6. The van der Waals surface area contributed by atoms with Gasteiger partial charge in [0.1, 0.15) is 0 Å². The Morgan fingerprint density at radius 2 is 0.416 bits per heavy atom. The SMILES string of the molecule is O=C(CCN1C(=O)C=CC1=O)NCCOCCOCCOCC(COCCOCCOCCNC(=O)CCN1C(=O)C=CC1=O)(COCCOCCOCCNC(=O)CCN1C(=O)C=CC1=O)COCCOCCOCCNC(=O)CCN1C(=O)C=CC1=O. The fourth-order valence-electron chi connectivity index (χ4n) is 8.03. The van der Waals surface area contributed by atoms with Crippen molar-refractivity contribution >= 4 is 70.9 Å². The predicted octanol–water partition coefficient (Wildman–Crippen LogP) is -4.10. The number of ether oxygens (including phenoxy) is 12. The molecular formula is C57H84N8O24. The molecule has 0 fully saturated rings. The van der Waals surface area contributed by atoms with Gasteiger partial charge >= 0.3 is 0 Å². The summed E-state index contributed by atoms with van der Waals surface area (Å²) in [6.07, 6.45) is 9.13. The van der Waals surface area contributed by atoms with Crippen molar-refractivity contribution in [1.29, 1.82) is 0 Å². The molecule has 0 atom stereocenters. The molecule has 0 spiro atoms. The minimum atomic E-state index is -0.873. The molecule has 0 aromatic rings. The highest BCUT2D eigenvalue weighted by Crippen LogP contribution is 2.21. The van der Waals surface area contributed by atoms with Gasteiger partial charge in [-0.1, -0.05) is 0 Å². The van der Waals surface area contributed by atoms with Crippen molar-refractivity contribution in [3.63, 3.8) is 0 Å². The van der Waals surface area contributed by atoms with E-state index in [-0.39, 0.29) is 260 Å². The lowest BCUT2D eigenvalue weighted by Gasteiger charge is -2.33.